The number of hydrazine groups is 1. The van der Waals surface area contributed by atoms with Crippen LogP contribution in [0.1, 0.15) is 0 Å². The Bertz CT molecular complexity index is 80.1. The maximum atomic E-state index is 3.49. The summed E-state index contributed by atoms with van der Waals surface area (Å²) in [5, 5.41) is 4.33. The number of hydrogen-bond acceptors (Lipinski definition) is 3. The summed E-state index contributed by atoms with van der Waals surface area (Å²) in [6.45, 7) is 0. The highest BCUT2D eigenvalue weighted by molar-refractivity contribution is 9.11. The Balaban J connectivity index is 2.44. The number of thioether (sulfide) groups is 1. The smallest absolute Gasteiger partial charge is 0.126 e. The average Bonchev–Trinajstić information content (AvgIpc) is 1.98. The van der Waals surface area contributed by atoms with Crippen LogP contribution in [0, 0.1) is 0 Å². The Hall–Kier alpha value is 0.750. The van der Waals surface area contributed by atoms with Crippen LogP contribution in [-0.4, -0.2) is 34.3 Å². The van der Waals surface area contributed by atoms with Crippen molar-refractivity contribution in [1.82, 2.24) is 10.0 Å². The molecule has 0 N–H and O–H groups in total. The second kappa shape index (κ2) is 2.56. The molecule has 0 bridgehead atoms. The predicted octanol–water partition coefficient (Wildman–Crippen LogP) is 1.15. The summed E-state index contributed by atoms with van der Waals surface area (Å²) in [4.78, 5) is 0. The van der Waals surface area contributed by atoms with Crippen molar-refractivity contribution in [3.05, 3.63) is 0 Å². The third-order valence-corrected chi connectivity index (χ3v) is 3.72. The Morgan fingerprint density at radius 3 is 2.38 bits per heavy atom. The largest absolute Gasteiger partial charge is 0.233 e. The Labute approximate surface area is 62.3 Å². The molecule has 0 aromatic rings. The summed E-state index contributed by atoms with van der Waals surface area (Å²) in [5.41, 5.74) is 0. The fourth-order valence-corrected chi connectivity index (χ4v) is 2.09. The number of halogens is 1. The van der Waals surface area contributed by atoms with Crippen LogP contribution < -0.4 is 0 Å². The topological polar surface area (TPSA) is 6.48 Å². The maximum absolute atomic E-state index is 3.49. The van der Waals surface area contributed by atoms with E-state index < -0.39 is 0 Å². The summed E-state index contributed by atoms with van der Waals surface area (Å²) in [5.74, 6) is 1.09. The average molecular weight is 197 g/mol. The van der Waals surface area contributed by atoms with Crippen molar-refractivity contribution in [2.24, 2.45) is 0 Å². The van der Waals surface area contributed by atoms with E-state index in [0.717, 1.165) is 5.88 Å². The lowest BCUT2D eigenvalue weighted by Crippen LogP contribution is -2.31. The fraction of sp³-hybridized carbons (Fsp3) is 1.00. The lowest BCUT2D eigenvalue weighted by atomic mass is 11.0. The van der Waals surface area contributed by atoms with Crippen LogP contribution in [0.2, 0.25) is 0 Å². The first-order valence-electron chi connectivity index (χ1n) is 2.41. The Morgan fingerprint density at radius 2 is 2.25 bits per heavy atom. The van der Waals surface area contributed by atoms with Gasteiger partial charge in [0.05, 0.1) is 5.88 Å². The fourth-order valence-electron chi connectivity index (χ4n) is 0.523. The minimum Gasteiger partial charge on any atom is -0.233 e. The molecule has 1 atom stereocenters. The van der Waals surface area contributed by atoms with E-state index in [1.807, 2.05) is 11.8 Å². The minimum atomic E-state index is 0.479. The lowest BCUT2D eigenvalue weighted by molar-refractivity contribution is 0.0815. The molecule has 0 spiro atoms. The molecule has 1 heterocycles. The van der Waals surface area contributed by atoms with Crippen molar-refractivity contribution in [2.45, 2.75) is 4.28 Å². The molecular formula is C4H9BrN2S. The molecule has 0 saturated carbocycles. The van der Waals surface area contributed by atoms with Crippen LogP contribution in [-0.2, 0) is 0 Å². The van der Waals surface area contributed by atoms with Crippen molar-refractivity contribution in [3.63, 3.8) is 0 Å². The molecule has 48 valence electrons. The second-order valence-electron chi connectivity index (χ2n) is 1.82. The molecular weight excluding hydrogens is 188 g/mol. The van der Waals surface area contributed by atoms with Gasteiger partial charge in [-0.25, -0.2) is 10.0 Å². The predicted molar refractivity (Wildman–Crippen MR) is 40.7 cm³/mol. The van der Waals surface area contributed by atoms with Crippen molar-refractivity contribution in [1.29, 1.82) is 0 Å². The second-order valence-corrected chi connectivity index (χ2v) is 4.33. The van der Waals surface area contributed by atoms with Gasteiger partial charge in [-0.1, -0.05) is 15.9 Å². The van der Waals surface area contributed by atoms with Gasteiger partial charge in [-0.3, -0.25) is 0 Å². The van der Waals surface area contributed by atoms with Gasteiger partial charge < -0.3 is 0 Å². The Morgan fingerprint density at radius 1 is 1.62 bits per heavy atom. The molecule has 1 aliphatic heterocycles. The van der Waals surface area contributed by atoms with Crippen LogP contribution in [0.3, 0.4) is 0 Å². The van der Waals surface area contributed by atoms with E-state index in [4.69, 9.17) is 0 Å². The molecule has 4 heteroatoms. The number of alkyl halides is 1. The first kappa shape index (κ1) is 6.86. The molecule has 0 amide bonds. The molecule has 0 aliphatic carbocycles. The molecule has 8 heavy (non-hydrogen) atoms. The summed E-state index contributed by atoms with van der Waals surface area (Å²) < 4.78 is 0.479. The van der Waals surface area contributed by atoms with E-state index in [1.54, 1.807) is 0 Å². The zero-order valence-electron chi connectivity index (χ0n) is 4.97. The molecule has 1 rings (SSSR count). The van der Waals surface area contributed by atoms with Crippen LogP contribution in [0.5, 0.6) is 0 Å². The normalized spacial score (nSPS) is 34.1. The third-order valence-electron chi connectivity index (χ3n) is 1.23. The standard InChI is InChI=1S/C4H9BrN2S/c1-6-3-8-4(5)7(6)2/h4H,3H2,1-2H3. The van der Waals surface area contributed by atoms with Crippen LogP contribution >= 0.6 is 27.7 Å². The summed E-state index contributed by atoms with van der Waals surface area (Å²) >= 11 is 5.37. The molecule has 0 radical (unpaired) electrons. The number of hydrogen-bond donors (Lipinski definition) is 0. The molecule has 0 aromatic carbocycles. The van der Waals surface area contributed by atoms with Gasteiger partial charge in [0.2, 0.25) is 0 Å². The van der Waals surface area contributed by atoms with E-state index in [-0.39, 0.29) is 0 Å². The van der Waals surface area contributed by atoms with Gasteiger partial charge in [-0.2, -0.15) is 0 Å². The van der Waals surface area contributed by atoms with Gasteiger partial charge >= 0.3 is 0 Å². The van der Waals surface area contributed by atoms with Gasteiger partial charge in [-0.15, -0.1) is 11.8 Å². The first-order valence-corrected chi connectivity index (χ1v) is 4.38. The molecule has 1 saturated heterocycles. The molecule has 1 fully saturated rings. The van der Waals surface area contributed by atoms with Crippen LogP contribution in [0.15, 0.2) is 0 Å². The van der Waals surface area contributed by atoms with E-state index >= 15 is 0 Å². The number of nitrogens with zero attached hydrogens (tertiary/aromatic N) is 2. The van der Waals surface area contributed by atoms with Gasteiger partial charge in [0.25, 0.3) is 0 Å². The SMILES string of the molecule is CN1CSC(Br)N1C. The highest BCUT2D eigenvalue weighted by Crippen LogP contribution is 2.28. The minimum absolute atomic E-state index is 0.479. The first-order chi connectivity index (χ1) is 3.72. The molecule has 1 aliphatic rings. The van der Waals surface area contributed by atoms with E-state index in [9.17, 15) is 0 Å². The zero-order chi connectivity index (χ0) is 6.15. The summed E-state index contributed by atoms with van der Waals surface area (Å²) in [7, 11) is 4.15. The molecule has 0 aromatic heterocycles. The van der Waals surface area contributed by atoms with Gasteiger partial charge in [0, 0.05) is 14.1 Å². The zero-order valence-corrected chi connectivity index (χ0v) is 7.37. The van der Waals surface area contributed by atoms with Crippen molar-refractivity contribution < 1.29 is 0 Å². The molecule has 1 unspecified atom stereocenters. The van der Waals surface area contributed by atoms with Gasteiger partial charge in [-0.05, 0) is 0 Å². The van der Waals surface area contributed by atoms with Crippen molar-refractivity contribution >= 4 is 27.7 Å². The summed E-state index contributed by atoms with van der Waals surface area (Å²) in [6, 6.07) is 0. The van der Waals surface area contributed by atoms with Crippen LogP contribution in [0.4, 0.5) is 0 Å². The third kappa shape index (κ3) is 1.18. The number of rotatable bonds is 0. The highest BCUT2D eigenvalue weighted by Gasteiger charge is 2.22. The van der Waals surface area contributed by atoms with Gasteiger partial charge in [0.1, 0.15) is 4.28 Å². The lowest BCUT2D eigenvalue weighted by Gasteiger charge is -2.19. The molecule has 2 nitrogen and oxygen atoms in total. The summed E-state index contributed by atoms with van der Waals surface area (Å²) in [6.07, 6.45) is 0. The Kier molecular flexibility index (Phi) is 2.19. The van der Waals surface area contributed by atoms with Crippen molar-refractivity contribution in [3.8, 4) is 0 Å². The highest BCUT2D eigenvalue weighted by atomic mass is 79.9. The van der Waals surface area contributed by atoms with E-state index in [2.05, 4.69) is 40.0 Å². The van der Waals surface area contributed by atoms with Gasteiger partial charge in [0.15, 0.2) is 0 Å². The quantitative estimate of drug-likeness (QED) is 0.425. The monoisotopic (exact) mass is 196 g/mol. The van der Waals surface area contributed by atoms with Crippen molar-refractivity contribution in [2.75, 3.05) is 20.0 Å². The van der Waals surface area contributed by atoms with Crippen LogP contribution in [0.25, 0.3) is 0 Å². The van der Waals surface area contributed by atoms with E-state index in [0.29, 0.717) is 4.28 Å². The van der Waals surface area contributed by atoms with E-state index in [1.165, 1.54) is 0 Å². The maximum Gasteiger partial charge on any atom is 0.126 e.